The third-order valence-corrected chi connectivity index (χ3v) is 3.89. The van der Waals surface area contributed by atoms with Gasteiger partial charge in [-0.15, -0.1) is 0 Å². The molecule has 0 spiro atoms. The van der Waals surface area contributed by atoms with Gasteiger partial charge in [0.25, 0.3) is 0 Å². The van der Waals surface area contributed by atoms with Crippen LogP contribution in [0.25, 0.3) is 0 Å². The Kier molecular flexibility index (Phi) is 5.26. The van der Waals surface area contributed by atoms with Crippen molar-refractivity contribution in [1.82, 2.24) is 4.90 Å². The van der Waals surface area contributed by atoms with Gasteiger partial charge in [0.2, 0.25) is 0 Å². The van der Waals surface area contributed by atoms with Gasteiger partial charge in [0.1, 0.15) is 11.9 Å². The largest absolute Gasteiger partial charge is 0.489 e. The van der Waals surface area contributed by atoms with Crippen LogP contribution in [0.4, 0.5) is 0 Å². The zero-order valence-corrected chi connectivity index (χ0v) is 12.6. The first kappa shape index (κ1) is 14.4. The van der Waals surface area contributed by atoms with Crippen molar-refractivity contribution in [3.8, 4) is 5.75 Å². The molecular weight excluding hydrogens is 234 g/mol. The van der Waals surface area contributed by atoms with E-state index in [9.17, 15) is 0 Å². The normalized spacial score (nSPS) is 20.1. The predicted octanol–water partition coefficient (Wildman–Crippen LogP) is 3.75. The number of benzene rings is 1. The summed E-state index contributed by atoms with van der Waals surface area (Å²) in [5.41, 5.74) is 1.37. The van der Waals surface area contributed by atoms with E-state index in [1.54, 1.807) is 0 Å². The zero-order chi connectivity index (χ0) is 13.7. The van der Waals surface area contributed by atoms with Crippen molar-refractivity contribution in [2.24, 2.45) is 5.92 Å². The van der Waals surface area contributed by atoms with Crippen LogP contribution in [-0.4, -0.2) is 30.6 Å². The van der Waals surface area contributed by atoms with E-state index in [2.05, 4.69) is 49.9 Å². The number of nitrogens with zero attached hydrogens (tertiary/aromatic N) is 1. The molecule has 1 fully saturated rings. The fourth-order valence-corrected chi connectivity index (χ4v) is 2.53. The van der Waals surface area contributed by atoms with Crippen molar-refractivity contribution in [1.29, 1.82) is 0 Å². The molecule has 1 aromatic rings. The summed E-state index contributed by atoms with van der Waals surface area (Å²) in [6.07, 6.45) is 3.91. The second-order valence-corrected chi connectivity index (χ2v) is 6.01. The number of rotatable bonds is 6. The highest BCUT2D eigenvalue weighted by Crippen LogP contribution is 2.19. The first-order valence-electron chi connectivity index (χ1n) is 7.65. The third-order valence-electron chi connectivity index (χ3n) is 3.89. The summed E-state index contributed by atoms with van der Waals surface area (Å²) in [6, 6.07) is 8.55. The van der Waals surface area contributed by atoms with E-state index in [4.69, 9.17) is 4.74 Å². The molecule has 1 aromatic carbocycles. The Morgan fingerprint density at radius 1 is 1.26 bits per heavy atom. The minimum Gasteiger partial charge on any atom is -0.489 e. The van der Waals surface area contributed by atoms with Crippen molar-refractivity contribution in [2.75, 3.05) is 19.6 Å². The first-order chi connectivity index (χ1) is 9.17. The summed E-state index contributed by atoms with van der Waals surface area (Å²) in [7, 11) is 0. The fraction of sp³-hybridized carbons (Fsp3) is 0.647. The first-order valence-corrected chi connectivity index (χ1v) is 7.65. The molecule has 0 N–H and O–H groups in total. The Bertz CT molecular complexity index is 371. The SMILES string of the molecule is CCc1ccc(OC2CCN(CCC(C)C)C2)cc1. The molecule has 19 heavy (non-hydrogen) atoms. The Labute approximate surface area is 117 Å². The molecule has 1 heterocycles. The number of likely N-dealkylation sites (tertiary alicyclic amines) is 1. The smallest absolute Gasteiger partial charge is 0.119 e. The van der Waals surface area contributed by atoms with E-state index in [0.29, 0.717) is 6.10 Å². The Morgan fingerprint density at radius 3 is 2.63 bits per heavy atom. The van der Waals surface area contributed by atoms with Crippen LogP contribution >= 0.6 is 0 Å². The third kappa shape index (κ3) is 4.54. The maximum atomic E-state index is 6.07. The van der Waals surface area contributed by atoms with Crippen molar-refractivity contribution in [3.63, 3.8) is 0 Å². The van der Waals surface area contributed by atoms with Gasteiger partial charge < -0.3 is 4.74 Å². The van der Waals surface area contributed by atoms with Gasteiger partial charge in [-0.2, -0.15) is 0 Å². The molecule has 1 aliphatic heterocycles. The molecule has 0 aliphatic carbocycles. The van der Waals surface area contributed by atoms with Gasteiger partial charge in [-0.3, -0.25) is 4.90 Å². The molecule has 1 aliphatic rings. The molecule has 0 aromatic heterocycles. The van der Waals surface area contributed by atoms with Crippen LogP contribution in [0.1, 0.15) is 39.2 Å². The monoisotopic (exact) mass is 261 g/mol. The van der Waals surface area contributed by atoms with E-state index in [0.717, 1.165) is 31.1 Å². The topological polar surface area (TPSA) is 12.5 Å². The maximum absolute atomic E-state index is 6.07. The van der Waals surface area contributed by atoms with Gasteiger partial charge >= 0.3 is 0 Å². The van der Waals surface area contributed by atoms with Gasteiger partial charge in [0.15, 0.2) is 0 Å². The van der Waals surface area contributed by atoms with Gasteiger partial charge in [0.05, 0.1) is 0 Å². The molecule has 0 bridgehead atoms. The quantitative estimate of drug-likeness (QED) is 0.773. The van der Waals surface area contributed by atoms with Crippen molar-refractivity contribution < 1.29 is 4.74 Å². The lowest BCUT2D eigenvalue weighted by atomic mass is 10.1. The van der Waals surface area contributed by atoms with Gasteiger partial charge in [-0.1, -0.05) is 32.9 Å². The Hall–Kier alpha value is -1.02. The second-order valence-electron chi connectivity index (χ2n) is 6.01. The molecule has 2 heteroatoms. The Balaban J connectivity index is 1.77. The number of aryl methyl sites for hydroxylation is 1. The molecule has 0 amide bonds. The lowest BCUT2D eigenvalue weighted by molar-refractivity contribution is 0.198. The van der Waals surface area contributed by atoms with Crippen LogP contribution in [0, 0.1) is 5.92 Å². The minimum absolute atomic E-state index is 0.375. The zero-order valence-electron chi connectivity index (χ0n) is 12.6. The predicted molar refractivity (Wildman–Crippen MR) is 80.7 cm³/mol. The summed E-state index contributed by atoms with van der Waals surface area (Å²) < 4.78 is 6.07. The highest BCUT2D eigenvalue weighted by molar-refractivity contribution is 5.27. The molecule has 0 radical (unpaired) electrons. The average Bonchev–Trinajstić information content (AvgIpc) is 2.85. The van der Waals surface area contributed by atoms with E-state index in [1.807, 2.05) is 0 Å². The molecule has 2 rings (SSSR count). The van der Waals surface area contributed by atoms with Crippen LogP contribution in [0.15, 0.2) is 24.3 Å². The van der Waals surface area contributed by atoms with E-state index < -0.39 is 0 Å². The van der Waals surface area contributed by atoms with Crippen molar-refractivity contribution in [3.05, 3.63) is 29.8 Å². The van der Waals surface area contributed by atoms with Crippen LogP contribution < -0.4 is 4.74 Å². The van der Waals surface area contributed by atoms with Crippen molar-refractivity contribution in [2.45, 2.75) is 46.1 Å². The Morgan fingerprint density at radius 2 is 2.00 bits per heavy atom. The van der Waals surface area contributed by atoms with Crippen LogP contribution in [0.5, 0.6) is 5.75 Å². The second kappa shape index (κ2) is 6.95. The van der Waals surface area contributed by atoms with E-state index in [1.165, 1.54) is 25.1 Å². The number of hydrogen-bond acceptors (Lipinski definition) is 2. The standard InChI is InChI=1S/C17H27NO/c1-4-15-5-7-16(8-6-15)19-17-10-12-18(13-17)11-9-14(2)3/h5-8,14,17H,4,9-13H2,1-3H3. The highest BCUT2D eigenvalue weighted by atomic mass is 16.5. The lowest BCUT2D eigenvalue weighted by Gasteiger charge is -2.18. The highest BCUT2D eigenvalue weighted by Gasteiger charge is 2.23. The summed E-state index contributed by atoms with van der Waals surface area (Å²) in [5, 5.41) is 0. The molecule has 1 atom stereocenters. The van der Waals surface area contributed by atoms with Crippen LogP contribution in [-0.2, 0) is 6.42 Å². The summed E-state index contributed by atoms with van der Waals surface area (Å²) >= 11 is 0. The molecule has 1 unspecified atom stereocenters. The average molecular weight is 261 g/mol. The summed E-state index contributed by atoms with van der Waals surface area (Å²) in [5.74, 6) is 1.81. The van der Waals surface area contributed by atoms with Gasteiger partial charge in [-0.05, 0) is 49.4 Å². The lowest BCUT2D eigenvalue weighted by Crippen LogP contribution is -2.26. The molecule has 0 saturated carbocycles. The summed E-state index contributed by atoms with van der Waals surface area (Å²) in [6.45, 7) is 10.2. The van der Waals surface area contributed by atoms with E-state index >= 15 is 0 Å². The van der Waals surface area contributed by atoms with Gasteiger partial charge in [0, 0.05) is 13.1 Å². The minimum atomic E-state index is 0.375. The molecule has 2 nitrogen and oxygen atoms in total. The number of ether oxygens (including phenoxy) is 1. The molecule has 1 saturated heterocycles. The van der Waals surface area contributed by atoms with Crippen LogP contribution in [0.3, 0.4) is 0 Å². The maximum Gasteiger partial charge on any atom is 0.119 e. The van der Waals surface area contributed by atoms with Crippen molar-refractivity contribution >= 4 is 0 Å². The van der Waals surface area contributed by atoms with E-state index in [-0.39, 0.29) is 0 Å². The fourth-order valence-electron chi connectivity index (χ4n) is 2.53. The molecular formula is C17H27NO. The molecule has 106 valence electrons. The van der Waals surface area contributed by atoms with Gasteiger partial charge in [-0.25, -0.2) is 0 Å². The summed E-state index contributed by atoms with van der Waals surface area (Å²) in [4.78, 5) is 2.53. The van der Waals surface area contributed by atoms with Crippen LogP contribution in [0.2, 0.25) is 0 Å². The number of hydrogen-bond donors (Lipinski definition) is 0.